The van der Waals surface area contributed by atoms with Crippen LogP contribution in [-0.4, -0.2) is 40.1 Å². The average Bonchev–Trinajstić information content (AvgIpc) is 3.25. The minimum atomic E-state index is -0.134. The van der Waals surface area contributed by atoms with E-state index in [1.54, 1.807) is 12.1 Å². The fourth-order valence-corrected chi connectivity index (χ4v) is 4.69. The van der Waals surface area contributed by atoms with Crippen LogP contribution in [0.4, 0.5) is 4.79 Å². The Balaban J connectivity index is 1.29. The van der Waals surface area contributed by atoms with Gasteiger partial charge in [-0.2, -0.15) is 11.8 Å². The fraction of sp³-hybridized carbons (Fsp3) is 0.625. The largest absolute Gasteiger partial charge is 0.462 e. The van der Waals surface area contributed by atoms with Crippen molar-refractivity contribution in [1.29, 1.82) is 0 Å². The van der Waals surface area contributed by atoms with Gasteiger partial charge in [0.05, 0.1) is 18.6 Å². The number of nitrogens with one attached hydrogen (secondary N) is 3. The van der Waals surface area contributed by atoms with Crippen molar-refractivity contribution in [2.24, 2.45) is 0 Å². The molecule has 3 atom stereocenters. The zero-order valence-electron chi connectivity index (χ0n) is 13.4. The summed E-state index contributed by atoms with van der Waals surface area (Å²) in [4.78, 5) is 23.2. The number of amides is 3. The molecule has 1 aromatic heterocycles. The van der Waals surface area contributed by atoms with Crippen LogP contribution >= 0.6 is 11.8 Å². The van der Waals surface area contributed by atoms with E-state index >= 15 is 0 Å². The summed E-state index contributed by atoms with van der Waals surface area (Å²) >= 11 is 1.90. The van der Waals surface area contributed by atoms with Crippen molar-refractivity contribution in [2.45, 2.75) is 56.2 Å². The number of aliphatic hydroxyl groups is 1. The van der Waals surface area contributed by atoms with Crippen LogP contribution < -0.4 is 16.0 Å². The van der Waals surface area contributed by atoms with Gasteiger partial charge >= 0.3 is 6.03 Å². The lowest BCUT2D eigenvalue weighted by Crippen LogP contribution is -2.36. The Morgan fingerprint density at radius 3 is 2.96 bits per heavy atom. The maximum Gasteiger partial charge on any atom is 0.315 e. The van der Waals surface area contributed by atoms with Crippen LogP contribution in [0.1, 0.15) is 37.2 Å². The van der Waals surface area contributed by atoms with Crippen LogP contribution in [0.5, 0.6) is 0 Å². The molecule has 3 rings (SSSR count). The first-order valence-electron chi connectivity index (χ1n) is 8.29. The molecule has 3 heterocycles. The van der Waals surface area contributed by atoms with Gasteiger partial charge in [-0.25, -0.2) is 4.79 Å². The highest BCUT2D eigenvalue weighted by atomic mass is 32.2. The average molecular weight is 353 g/mol. The lowest BCUT2D eigenvalue weighted by Gasteiger charge is -2.16. The van der Waals surface area contributed by atoms with E-state index in [-0.39, 0.29) is 30.6 Å². The van der Waals surface area contributed by atoms with Crippen molar-refractivity contribution in [3.63, 3.8) is 0 Å². The van der Waals surface area contributed by atoms with Crippen LogP contribution in [-0.2, 0) is 17.9 Å². The standard InChI is InChI=1S/C16H23N3O4S/c20-8-11-6-5-10(23-11)7-17-14(21)4-2-1-3-13-15-12(9-24-13)18-16(22)19-15/h5-6,12-13,15,20H,1-4,7-9H2,(H,17,21)(H2,18,19,22)/t12-,13-,15-/m0/s1. The highest BCUT2D eigenvalue weighted by Crippen LogP contribution is 2.33. The molecule has 2 aliphatic heterocycles. The highest BCUT2D eigenvalue weighted by Gasteiger charge is 2.42. The quantitative estimate of drug-likeness (QED) is 0.414. The number of hydrogen-bond donors (Lipinski definition) is 4. The number of rotatable bonds is 8. The molecule has 7 nitrogen and oxygen atoms in total. The first-order chi connectivity index (χ1) is 11.7. The van der Waals surface area contributed by atoms with Gasteiger partial charge in [0.15, 0.2) is 0 Å². The highest BCUT2D eigenvalue weighted by molar-refractivity contribution is 8.00. The first-order valence-corrected chi connectivity index (χ1v) is 9.34. The van der Waals surface area contributed by atoms with Crippen molar-refractivity contribution >= 4 is 23.7 Å². The molecule has 8 heteroatoms. The Morgan fingerprint density at radius 1 is 1.33 bits per heavy atom. The van der Waals surface area contributed by atoms with Gasteiger partial charge in [0, 0.05) is 17.4 Å². The van der Waals surface area contributed by atoms with Crippen molar-refractivity contribution in [3.8, 4) is 0 Å². The summed E-state index contributed by atoms with van der Waals surface area (Å²) in [6.07, 6.45) is 3.31. The molecule has 0 bridgehead atoms. The number of urea groups is 1. The summed E-state index contributed by atoms with van der Waals surface area (Å²) in [7, 11) is 0. The lowest BCUT2D eigenvalue weighted by atomic mass is 10.0. The molecule has 24 heavy (non-hydrogen) atoms. The molecule has 2 aliphatic rings. The van der Waals surface area contributed by atoms with E-state index in [0.717, 1.165) is 25.0 Å². The first kappa shape index (κ1) is 17.2. The smallest absolute Gasteiger partial charge is 0.315 e. The van der Waals surface area contributed by atoms with Gasteiger partial charge in [0.2, 0.25) is 5.91 Å². The molecule has 3 amide bonds. The van der Waals surface area contributed by atoms with E-state index in [0.29, 0.717) is 29.7 Å². The van der Waals surface area contributed by atoms with Gasteiger partial charge in [0.1, 0.15) is 18.1 Å². The molecular formula is C16H23N3O4S. The topological polar surface area (TPSA) is 104 Å². The van der Waals surface area contributed by atoms with Crippen molar-refractivity contribution < 1.29 is 19.1 Å². The number of aliphatic hydroxyl groups excluding tert-OH is 1. The SMILES string of the molecule is O=C(CCCC[C@@H]1SC[C@@H]2NC(=O)N[C@@H]21)NCc1ccc(CO)o1. The molecule has 2 fully saturated rings. The van der Waals surface area contributed by atoms with Crippen LogP contribution in [0.2, 0.25) is 0 Å². The van der Waals surface area contributed by atoms with Gasteiger partial charge in [-0.1, -0.05) is 6.42 Å². The number of unbranched alkanes of at least 4 members (excludes halogenated alkanes) is 1. The molecule has 2 saturated heterocycles. The summed E-state index contributed by atoms with van der Waals surface area (Å²) in [5.74, 6) is 2.11. The molecular weight excluding hydrogens is 330 g/mol. The molecule has 4 N–H and O–H groups in total. The molecule has 0 saturated carbocycles. The van der Waals surface area contributed by atoms with Crippen molar-refractivity contribution in [1.82, 2.24) is 16.0 Å². The maximum absolute atomic E-state index is 11.8. The fourth-order valence-electron chi connectivity index (χ4n) is 3.15. The van der Waals surface area contributed by atoms with Gasteiger partial charge in [-0.15, -0.1) is 0 Å². The van der Waals surface area contributed by atoms with E-state index in [1.807, 2.05) is 11.8 Å². The van der Waals surface area contributed by atoms with Gasteiger partial charge in [0.25, 0.3) is 0 Å². The third-order valence-electron chi connectivity index (χ3n) is 4.41. The Kier molecular flexibility index (Phi) is 5.68. The van der Waals surface area contributed by atoms with Gasteiger partial charge in [-0.05, 0) is 25.0 Å². The number of carbonyl (C=O) groups excluding carboxylic acids is 2. The number of hydrogen-bond acceptors (Lipinski definition) is 5. The summed E-state index contributed by atoms with van der Waals surface area (Å²) in [5, 5.41) is 18.1. The molecule has 0 unspecified atom stereocenters. The molecule has 0 aromatic carbocycles. The predicted molar refractivity (Wildman–Crippen MR) is 90.4 cm³/mol. The second-order valence-electron chi connectivity index (χ2n) is 6.17. The van der Waals surface area contributed by atoms with E-state index in [4.69, 9.17) is 9.52 Å². The Hall–Kier alpha value is -1.67. The number of fused-ring (bicyclic) bond motifs is 1. The van der Waals surface area contributed by atoms with Gasteiger partial charge < -0.3 is 25.5 Å². The van der Waals surface area contributed by atoms with Crippen molar-refractivity contribution in [3.05, 3.63) is 23.7 Å². The second kappa shape index (κ2) is 7.94. The third kappa shape index (κ3) is 4.24. The lowest BCUT2D eigenvalue weighted by molar-refractivity contribution is -0.121. The van der Waals surface area contributed by atoms with E-state index in [2.05, 4.69) is 16.0 Å². The van der Waals surface area contributed by atoms with Crippen LogP contribution in [0, 0.1) is 0 Å². The maximum atomic E-state index is 11.8. The summed E-state index contributed by atoms with van der Waals surface area (Å²) < 4.78 is 5.32. The van der Waals surface area contributed by atoms with Crippen LogP contribution in [0.3, 0.4) is 0 Å². The number of furan rings is 1. The minimum Gasteiger partial charge on any atom is -0.462 e. The Morgan fingerprint density at radius 2 is 2.17 bits per heavy atom. The second-order valence-corrected chi connectivity index (χ2v) is 7.44. The summed E-state index contributed by atoms with van der Waals surface area (Å²) in [6.45, 7) is 0.212. The normalized spacial score (nSPS) is 25.2. The summed E-state index contributed by atoms with van der Waals surface area (Å²) in [6, 6.07) is 3.88. The molecule has 132 valence electrons. The van der Waals surface area contributed by atoms with Crippen LogP contribution in [0.25, 0.3) is 0 Å². The minimum absolute atomic E-state index is 0.00439. The molecule has 1 aromatic rings. The number of carbonyl (C=O) groups is 2. The number of thioether (sulfide) groups is 1. The zero-order valence-corrected chi connectivity index (χ0v) is 14.2. The Labute approximate surface area is 144 Å². The van der Waals surface area contributed by atoms with E-state index in [9.17, 15) is 9.59 Å². The molecule has 0 aliphatic carbocycles. The summed E-state index contributed by atoms with van der Waals surface area (Å²) in [5.41, 5.74) is 0. The molecule has 0 spiro atoms. The zero-order chi connectivity index (χ0) is 16.9. The van der Waals surface area contributed by atoms with Gasteiger partial charge in [-0.3, -0.25) is 4.79 Å². The van der Waals surface area contributed by atoms with E-state index < -0.39 is 0 Å². The molecule has 0 radical (unpaired) electrons. The van der Waals surface area contributed by atoms with Crippen LogP contribution in [0.15, 0.2) is 16.5 Å². The van der Waals surface area contributed by atoms with E-state index in [1.165, 1.54) is 0 Å². The third-order valence-corrected chi connectivity index (χ3v) is 5.92. The Bertz CT molecular complexity index is 592. The predicted octanol–water partition coefficient (Wildman–Crippen LogP) is 1.11. The monoisotopic (exact) mass is 353 g/mol. The van der Waals surface area contributed by atoms with Crippen molar-refractivity contribution in [2.75, 3.05) is 5.75 Å².